The van der Waals surface area contributed by atoms with Crippen molar-refractivity contribution in [1.29, 1.82) is 0 Å². The van der Waals surface area contributed by atoms with E-state index in [-0.39, 0.29) is 17.2 Å². The molecule has 1 amide bonds. The number of oxazole rings is 1. The van der Waals surface area contributed by atoms with Crippen LogP contribution in [0.5, 0.6) is 0 Å². The maximum absolute atomic E-state index is 12.4. The van der Waals surface area contributed by atoms with Crippen molar-refractivity contribution in [1.82, 2.24) is 9.88 Å². The van der Waals surface area contributed by atoms with Crippen LogP contribution in [0.4, 0.5) is 0 Å². The maximum atomic E-state index is 12.4. The highest BCUT2D eigenvalue weighted by molar-refractivity contribution is 5.77. The third kappa shape index (κ3) is 3.75. The number of amides is 1. The molecule has 1 saturated carbocycles. The van der Waals surface area contributed by atoms with Crippen LogP contribution in [0.3, 0.4) is 0 Å². The second-order valence-corrected chi connectivity index (χ2v) is 7.68. The second-order valence-electron chi connectivity index (χ2n) is 7.68. The van der Waals surface area contributed by atoms with E-state index in [4.69, 9.17) is 9.52 Å². The Morgan fingerprint density at radius 3 is 2.63 bits per heavy atom. The number of benzene rings is 1. The van der Waals surface area contributed by atoms with Crippen LogP contribution < -0.4 is 0 Å². The highest BCUT2D eigenvalue weighted by atomic mass is 16.4. The van der Waals surface area contributed by atoms with Crippen LogP contribution in [0.2, 0.25) is 0 Å². The molecule has 1 atom stereocenters. The van der Waals surface area contributed by atoms with Gasteiger partial charge in [-0.1, -0.05) is 30.3 Å². The van der Waals surface area contributed by atoms with E-state index in [1.807, 2.05) is 35.2 Å². The quantitative estimate of drug-likeness (QED) is 0.845. The summed E-state index contributed by atoms with van der Waals surface area (Å²) in [4.78, 5) is 29.7. The van der Waals surface area contributed by atoms with Crippen molar-refractivity contribution in [3.8, 4) is 11.3 Å². The minimum atomic E-state index is -0.685. The van der Waals surface area contributed by atoms with E-state index in [1.54, 1.807) is 6.20 Å². The van der Waals surface area contributed by atoms with Crippen LogP contribution in [0.25, 0.3) is 11.3 Å². The predicted octanol–water partition coefficient (Wildman–Crippen LogP) is 3.38. The van der Waals surface area contributed by atoms with Gasteiger partial charge >= 0.3 is 5.97 Å². The minimum Gasteiger partial charge on any atom is -0.481 e. The Bertz CT molecular complexity index is 822. The number of aryl methyl sites for hydroxylation is 1. The van der Waals surface area contributed by atoms with E-state index in [0.29, 0.717) is 38.2 Å². The zero-order valence-electron chi connectivity index (χ0n) is 15.3. The van der Waals surface area contributed by atoms with Crippen molar-refractivity contribution in [3.05, 3.63) is 42.4 Å². The van der Waals surface area contributed by atoms with E-state index in [2.05, 4.69) is 4.98 Å². The molecule has 1 unspecified atom stereocenters. The summed E-state index contributed by atoms with van der Waals surface area (Å²) in [6, 6.07) is 9.83. The summed E-state index contributed by atoms with van der Waals surface area (Å²) < 4.78 is 5.78. The number of rotatable bonds is 6. The number of hydrogen-bond donors (Lipinski definition) is 1. The number of nitrogens with zero attached hydrogens (tertiary/aromatic N) is 2. The third-order valence-electron chi connectivity index (χ3n) is 5.99. The molecule has 1 aliphatic carbocycles. The van der Waals surface area contributed by atoms with Gasteiger partial charge in [0, 0.05) is 31.5 Å². The number of aromatic nitrogens is 1. The van der Waals surface area contributed by atoms with Crippen LogP contribution in [0.15, 0.2) is 40.9 Å². The van der Waals surface area contributed by atoms with Gasteiger partial charge in [-0.15, -0.1) is 0 Å². The topological polar surface area (TPSA) is 83.6 Å². The Hall–Kier alpha value is -2.63. The molecule has 2 aliphatic rings. The third-order valence-corrected chi connectivity index (χ3v) is 5.99. The van der Waals surface area contributed by atoms with Crippen LogP contribution >= 0.6 is 0 Å². The lowest BCUT2D eigenvalue weighted by Crippen LogP contribution is -2.39. The maximum Gasteiger partial charge on any atom is 0.307 e. The second kappa shape index (κ2) is 7.18. The average molecular weight is 368 g/mol. The van der Waals surface area contributed by atoms with Crippen molar-refractivity contribution in [2.45, 2.75) is 38.5 Å². The zero-order valence-corrected chi connectivity index (χ0v) is 15.3. The van der Waals surface area contributed by atoms with Gasteiger partial charge in [-0.05, 0) is 31.1 Å². The van der Waals surface area contributed by atoms with Gasteiger partial charge in [0.25, 0.3) is 0 Å². The number of carboxylic acid groups (broad SMARTS) is 1. The lowest BCUT2D eigenvalue weighted by Gasteiger charge is -2.32. The first-order valence-corrected chi connectivity index (χ1v) is 9.58. The molecule has 0 radical (unpaired) electrons. The first kappa shape index (κ1) is 17.8. The van der Waals surface area contributed by atoms with E-state index < -0.39 is 5.97 Å². The number of aliphatic carboxylic acids is 1. The highest BCUT2D eigenvalue weighted by Gasteiger charge is 2.59. The molecule has 1 N–H and O–H groups in total. The van der Waals surface area contributed by atoms with Crippen LogP contribution in [-0.4, -0.2) is 40.0 Å². The SMILES string of the molecule is O=C(O)C1CC12CCN(C(=O)CCCc1ncc(-c3ccccc3)o1)CC2. The normalized spacial score (nSPS) is 20.6. The molecule has 1 aromatic heterocycles. The molecule has 6 nitrogen and oxygen atoms in total. The molecule has 2 heterocycles. The van der Waals surface area contributed by atoms with Crippen LogP contribution in [0, 0.1) is 11.3 Å². The van der Waals surface area contributed by atoms with Crippen molar-refractivity contribution in [2.24, 2.45) is 11.3 Å². The standard InChI is InChI=1S/C21H24N2O4/c24-19(23-11-9-21(10-12-23)13-16(21)20(25)26)8-4-7-18-22-14-17(27-18)15-5-2-1-3-6-15/h1-3,5-6,14,16H,4,7-13H2,(H,25,26). The van der Waals surface area contributed by atoms with E-state index in [0.717, 1.165) is 30.6 Å². The molecule has 2 fully saturated rings. The number of piperidine rings is 1. The van der Waals surface area contributed by atoms with Gasteiger partial charge in [0.2, 0.25) is 5.91 Å². The summed E-state index contributed by atoms with van der Waals surface area (Å²) in [5, 5.41) is 9.15. The van der Waals surface area contributed by atoms with E-state index in [1.165, 1.54) is 0 Å². The van der Waals surface area contributed by atoms with Crippen molar-refractivity contribution in [3.63, 3.8) is 0 Å². The van der Waals surface area contributed by atoms with Gasteiger partial charge in [0.15, 0.2) is 11.7 Å². The van der Waals surface area contributed by atoms with Crippen LogP contribution in [0.1, 0.15) is 38.0 Å². The summed E-state index contributed by atoms with van der Waals surface area (Å²) in [6.07, 6.45) is 5.94. The fourth-order valence-electron chi connectivity index (χ4n) is 4.16. The van der Waals surface area contributed by atoms with Gasteiger partial charge in [-0.2, -0.15) is 0 Å². The molecule has 0 bridgehead atoms. The fourth-order valence-corrected chi connectivity index (χ4v) is 4.16. The molecular weight excluding hydrogens is 344 g/mol. The molecule has 1 spiro atoms. The Morgan fingerprint density at radius 1 is 1.22 bits per heavy atom. The number of carbonyl (C=O) groups excluding carboxylic acids is 1. The molecule has 6 heteroatoms. The largest absolute Gasteiger partial charge is 0.481 e. The van der Waals surface area contributed by atoms with Crippen molar-refractivity contribution in [2.75, 3.05) is 13.1 Å². The number of carbonyl (C=O) groups is 2. The molecule has 1 saturated heterocycles. The smallest absolute Gasteiger partial charge is 0.307 e. The summed E-state index contributed by atoms with van der Waals surface area (Å²) in [5.74, 6) is 0.665. The lowest BCUT2D eigenvalue weighted by atomic mass is 9.90. The van der Waals surface area contributed by atoms with Gasteiger partial charge < -0.3 is 14.4 Å². The summed E-state index contributed by atoms with van der Waals surface area (Å²) in [7, 11) is 0. The predicted molar refractivity (Wildman–Crippen MR) is 98.9 cm³/mol. The number of carboxylic acids is 1. The average Bonchev–Trinajstić information content (AvgIpc) is 3.18. The molecule has 1 aromatic carbocycles. The molecular formula is C21H24N2O4. The van der Waals surface area contributed by atoms with E-state index in [9.17, 15) is 9.59 Å². The Morgan fingerprint density at radius 2 is 1.96 bits per heavy atom. The fraction of sp³-hybridized carbons (Fsp3) is 0.476. The van der Waals surface area contributed by atoms with Crippen molar-refractivity contribution >= 4 is 11.9 Å². The first-order valence-electron chi connectivity index (χ1n) is 9.58. The summed E-state index contributed by atoms with van der Waals surface area (Å²) >= 11 is 0. The molecule has 2 aromatic rings. The van der Waals surface area contributed by atoms with Gasteiger partial charge in [-0.25, -0.2) is 4.98 Å². The highest BCUT2D eigenvalue weighted by Crippen LogP contribution is 2.59. The molecule has 4 rings (SSSR count). The van der Waals surface area contributed by atoms with Gasteiger partial charge in [0.1, 0.15) is 0 Å². The first-order chi connectivity index (χ1) is 13.1. The monoisotopic (exact) mass is 368 g/mol. The van der Waals surface area contributed by atoms with Gasteiger partial charge in [-0.3, -0.25) is 9.59 Å². The Balaban J connectivity index is 1.22. The van der Waals surface area contributed by atoms with Crippen LogP contribution in [-0.2, 0) is 16.0 Å². The molecule has 142 valence electrons. The summed E-state index contributed by atoms with van der Waals surface area (Å²) in [6.45, 7) is 1.36. The van der Waals surface area contributed by atoms with Crippen molar-refractivity contribution < 1.29 is 19.1 Å². The number of hydrogen-bond acceptors (Lipinski definition) is 4. The Kier molecular flexibility index (Phi) is 4.72. The van der Waals surface area contributed by atoms with Gasteiger partial charge in [0.05, 0.1) is 12.1 Å². The molecule has 1 aliphatic heterocycles. The minimum absolute atomic E-state index is 0.0332. The summed E-state index contributed by atoms with van der Waals surface area (Å²) in [5.41, 5.74) is 0.962. The number of likely N-dealkylation sites (tertiary alicyclic amines) is 1. The van der Waals surface area contributed by atoms with E-state index >= 15 is 0 Å². The Labute approximate surface area is 158 Å². The zero-order chi connectivity index (χ0) is 18.9. The molecule has 27 heavy (non-hydrogen) atoms. The lowest BCUT2D eigenvalue weighted by molar-refractivity contribution is -0.139.